The predicted molar refractivity (Wildman–Crippen MR) is 105 cm³/mol. The number of ether oxygens (including phenoxy) is 1. The Morgan fingerprint density at radius 2 is 2.17 bits per heavy atom. The van der Waals surface area contributed by atoms with Gasteiger partial charge in [-0.15, -0.1) is 0 Å². The van der Waals surface area contributed by atoms with E-state index < -0.39 is 0 Å². The molecule has 0 amide bonds. The highest BCUT2D eigenvalue weighted by Crippen LogP contribution is 2.25. The number of anilines is 1. The van der Waals surface area contributed by atoms with E-state index in [2.05, 4.69) is 69.6 Å². The first-order valence-electron chi connectivity index (χ1n) is 8.66. The largest absolute Gasteiger partial charge is 0.383 e. The van der Waals surface area contributed by atoms with Crippen molar-refractivity contribution in [3.05, 3.63) is 28.7 Å². The number of hydrogen-bond donors (Lipinski definition) is 2. The van der Waals surface area contributed by atoms with Crippen molar-refractivity contribution in [1.29, 1.82) is 0 Å². The Morgan fingerprint density at radius 3 is 2.83 bits per heavy atom. The van der Waals surface area contributed by atoms with Crippen LogP contribution in [-0.2, 0) is 4.74 Å². The number of hydrogen-bond acceptors (Lipinski definition) is 3. The average molecular weight is 397 g/mol. The summed E-state index contributed by atoms with van der Waals surface area (Å²) >= 11 is 3.49. The SMILES string of the molecule is CCNC(=NCC1CCN(c2ccc(Br)cc2)C1)NC(C)COC. The van der Waals surface area contributed by atoms with Gasteiger partial charge in [0, 0.05) is 49.5 Å². The predicted octanol–water partition coefficient (Wildman–Crippen LogP) is 2.87. The van der Waals surface area contributed by atoms with Crippen LogP contribution in [-0.4, -0.2) is 51.9 Å². The summed E-state index contributed by atoms with van der Waals surface area (Å²) in [6.45, 7) is 8.74. The number of methoxy groups -OCH3 is 1. The molecule has 24 heavy (non-hydrogen) atoms. The maximum atomic E-state index is 5.18. The molecule has 1 fully saturated rings. The van der Waals surface area contributed by atoms with Gasteiger partial charge in [0.1, 0.15) is 0 Å². The number of nitrogens with one attached hydrogen (secondary N) is 2. The normalized spacial score (nSPS) is 19.4. The van der Waals surface area contributed by atoms with E-state index in [0.717, 1.165) is 36.6 Å². The molecule has 1 aromatic rings. The monoisotopic (exact) mass is 396 g/mol. The molecule has 0 spiro atoms. The lowest BCUT2D eigenvalue weighted by molar-refractivity contribution is 0.179. The minimum atomic E-state index is 0.246. The number of benzene rings is 1. The summed E-state index contributed by atoms with van der Waals surface area (Å²) in [6.07, 6.45) is 1.19. The van der Waals surface area contributed by atoms with E-state index in [1.54, 1.807) is 7.11 Å². The van der Waals surface area contributed by atoms with Crippen LogP contribution in [0.3, 0.4) is 0 Å². The molecular formula is C18H29BrN4O. The minimum absolute atomic E-state index is 0.246. The van der Waals surface area contributed by atoms with Crippen LogP contribution in [0.5, 0.6) is 0 Å². The Kier molecular flexibility index (Phi) is 7.85. The summed E-state index contributed by atoms with van der Waals surface area (Å²) in [4.78, 5) is 7.21. The van der Waals surface area contributed by atoms with Crippen molar-refractivity contribution in [1.82, 2.24) is 10.6 Å². The molecule has 2 atom stereocenters. The minimum Gasteiger partial charge on any atom is -0.383 e. The van der Waals surface area contributed by atoms with Gasteiger partial charge in [-0.05, 0) is 50.5 Å². The van der Waals surface area contributed by atoms with Crippen LogP contribution in [0.15, 0.2) is 33.7 Å². The molecule has 6 heteroatoms. The molecule has 134 valence electrons. The first-order valence-corrected chi connectivity index (χ1v) is 9.46. The van der Waals surface area contributed by atoms with E-state index in [0.29, 0.717) is 12.5 Å². The van der Waals surface area contributed by atoms with Crippen molar-refractivity contribution in [2.24, 2.45) is 10.9 Å². The molecule has 0 aromatic heterocycles. The Labute approximate surface area is 154 Å². The van der Waals surface area contributed by atoms with E-state index >= 15 is 0 Å². The van der Waals surface area contributed by atoms with Crippen molar-refractivity contribution in [2.45, 2.75) is 26.3 Å². The molecule has 2 unspecified atom stereocenters. The zero-order valence-electron chi connectivity index (χ0n) is 14.9. The molecule has 5 nitrogen and oxygen atoms in total. The summed E-state index contributed by atoms with van der Waals surface area (Å²) in [5, 5.41) is 6.70. The van der Waals surface area contributed by atoms with Gasteiger partial charge in [0.05, 0.1) is 6.61 Å². The van der Waals surface area contributed by atoms with Gasteiger partial charge in [0.2, 0.25) is 0 Å². The van der Waals surface area contributed by atoms with Crippen LogP contribution in [0.25, 0.3) is 0 Å². The number of nitrogens with zero attached hydrogens (tertiary/aromatic N) is 2. The van der Waals surface area contributed by atoms with Crippen molar-refractivity contribution in [2.75, 3.05) is 44.8 Å². The molecule has 0 aliphatic carbocycles. The molecule has 0 radical (unpaired) electrons. The summed E-state index contributed by atoms with van der Waals surface area (Å²) in [6, 6.07) is 8.80. The first-order chi connectivity index (χ1) is 11.6. The molecule has 1 saturated heterocycles. The molecule has 1 aliphatic rings. The van der Waals surface area contributed by atoms with Crippen LogP contribution in [0.4, 0.5) is 5.69 Å². The Balaban J connectivity index is 1.86. The molecule has 2 N–H and O–H groups in total. The Bertz CT molecular complexity index is 520. The Hall–Kier alpha value is -1.27. The molecule has 0 bridgehead atoms. The second kappa shape index (κ2) is 9.89. The summed E-state index contributed by atoms with van der Waals surface area (Å²) in [5.41, 5.74) is 1.29. The van der Waals surface area contributed by atoms with Gasteiger partial charge in [-0.1, -0.05) is 15.9 Å². The van der Waals surface area contributed by atoms with Crippen LogP contribution < -0.4 is 15.5 Å². The van der Waals surface area contributed by atoms with Gasteiger partial charge < -0.3 is 20.3 Å². The molecule has 1 aromatic carbocycles. The van der Waals surface area contributed by atoms with Gasteiger partial charge >= 0.3 is 0 Å². The third-order valence-electron chi connectivity index (χ3n) is 4.13. The lowest BCUT2D eigenvalue weighted by Gasteiger charge is -2.19. The van der Waals surface area contributed by atoms with Gasteiger partial charge in [-0.2, -0.15) is 0 Å². The fourth-order valence-electron chi connectivity index (χ4n) is 2.93. The highest BCUT2D eigenvalue weighted by Gasteiger charge is 2.22. The van der Waals surface area contributed by atoms with E-state index in [-0.39, 0.29) is 6.04 Å². The summed E-state index contributed by atoms with van der Waals surface area (Å²) in [7, 11) is 1.72. The standard InChI is InChI=1S/C18H29BrN4O/c1-4-20-18(22-14(2)13-24-3)21-11-15-9-10-23(12-15)17-7-5-16(19)6-8-17/h5-8,14-15H,4,9-13H2,1-3H3,(H2,20,21,22). The van der Waals surface area contributed by atoms with Crippen LogP contribution in [0, 0.1) is 5.92 Å². The maximum absolute atomic E-state index is 5.18. The molecule has 0 saturated carbocycles. The number of aliphatic imine (C=N–C) groups is 1. The molecule has 1 aliphatic heterocycles. The quantitative estimate of drug-likeness (QED) is 0.549. The number of rotatable bonds is 7. The third kappa shape index (κ3) is 5.98. The number of halogens is 1. The highest BCUT2D eigenvalue weighted by atomic mass is 79.9. The summed E-state index contributed by atoms with van der Waals surface area (Å²) < 4.78 is 6.30. The van der Waals surface area contributed by atoms with Crippen molar-refractivity contribution < 1.29 is 4.74 Å². The second-order valence-electron chi connectivity index (χ2n) is 6.30. The fraction of sp³-hybridized carbons (Fsp3) is 0.611. The van der Waals surface area contributed by atoms with Crippen LogP contribution in [0.1, 0.15) is 20.3 Å². The lowest BCUT2D eigenvalue weighted by Crippen LogP contribution is -2.44. The van der Waals surface area contributed by atoms with Gasteiger partial charge in [0.25, 0.3) is 0 Å². The van der Waals surface area contributed by atoms with Crippen molar-refractivity contribution in [3.8, 4) is 0 Å². The fourth-order valence-corrected chi connectivity index (χ4v) is 3.20. The van der Waals surface area contributed by atoms with Crippen molar-refractivity contribution >= 4 is 27.6 Å². The molecule has 1 heterocycles. The second-order valence-corrected chi connectivity index (χ2v) is 7.21. The Morgan fingerprint density at radius 1 is 1.42 bits per heavy atom. The highest BCUT2D eigenvalue weighted by molar-refractivity contribution is 9.10. The summed E-state index contributed by atoms with van der Waals surface area (Å²) in [5.74, 6) is 1.48. The van der Waals surface area contributed by atoms with Crippen molar-refractivity contribution in [3.63, 3.8) is 0 Å². The van der Waals surface area contributed by atoms with Crippen LogP contribution >= 0.6 is 15.9 Å². The van der Waals surface area contributed by atoms with E-state index in [9.17, 15) is 0 Å². The zero-order valence-corrected chi connectivity index (χ0v) is 16.5. The van der Waals surface area contributed by atoms with Gasteiger partial charge in [-0.3, -0.25) is 4.99 Å². The molecular weight excluding hydrogens is 368 g/mol. The smallest absolute Gasteiger partial charge is 0.191 e. The molecule has 2 rings (SSSR count). The number of guanidine groups is 1. The van der Waals surface area contributed by atoms with Gasteiger partial charge in [0.15, 0.2) is 5.96 Å². The third-order valence-corrected chi connectivity index (χ3v) is 4.66. The lowest BCUT2D eigenvalue weighted by atomic mass is 10.1. The first kappa shape index (κ1) is 19.1. The van der Waals surface area contributed by atoms with E-state index in [4.69, 9.17) is 9.73 Å². The van der Waals surface area contributed by atoms with E-state index in [1.807, 2.05) is 0 Å². The van der Waals surface area contributed by atoms with E-state index in [1.165, 1.54) is 12.1 Å². The average Bonchev–Trinajstić information content (AvgIpc) is 3.03. The van der Waals surface area contributed by atoms with Gasteiger partial charge in [-0.25, -0.2) is 0 Å². The maximum Gasteiger partial charge on any atom is 0.191 e. The van der Waals surface area contributed by atoms with Crippen LogP contribution in [0.2, 0.25) is 0 Å². The zero-order chi connectivity index (χ0) is 17.4. The topological polar surface area (TPSA) is 48.9 Å².